The minimum Gasteiger partial charge on any atom is -0.399 e. The van der Waals surface area contributed by atoms with E-state index in [-0.39, 0.29) is 23.9 Å². The number of nitrogens with two attached hydrogens (primary N) is 1. The van der Waals surface area contributed by atoms with E-state index in [0.717, 1.165) is 16.9 Å². The Morgan fingerprint density at radius 3 is 2.45 bits per heavy atom. The zero-order valence-corrected chi connectivity index (χ0v) is 14.4. The molecular formula is C16H23ClN4O. The second-order valence-electron chi connectivity index (χ2n) is 6.25. The van der Waals surface area contributed by atoms with Crippen LogP contribution in [0.3, 0.4) is 0 Å². The first-order valence-corrected chi connectivity index (χ1v) is 6.92. The average molecular weight is 323 g/mol. The zero-order valence-electron chi connectivity index (χ0n) is 13.6. The molecule has 0 aliphatic carbocycles. The second-order valence-corrected chi connectivity index (χ2v) is 6.25. The van der Waals surface area contributed by atoms with Crippen molar-refractivity contribution < 1.29 is 4.79 Å². The lowest BCUT2D eigenvalue weighted by atomic mass is 10.1. The molecule has 0 aliphatic rings. The topological polar surface area (TPSA) is 72.9 Å². The highest BCUT2D eigenvalue weighted by atomic mass is 35.5. The monoisotopic (exact) mass is 322 g/mol. The molecule has 2 aromatic rings. The molecule has 1 aromatic carbocycles. The highest BCUT2D eigenvalue weighted by Crippen LogP contribution is 2.22. The SMILES string of the molecule is Cc1ccc(N)cc1NC(=O)c1cnn(C(C)(C)C)c1C.Cl. The Bertz CT molecular complexity index is 686. The van der Waals surface area contributed by atoms with Crippen molar-refractivity contribution in [2.75, 3.05) is 11.1 Å². The van der Waals surface area contributed by atoms with Gasteiger partial charge in [0.05, 0.1) is 17.3 Å². The number of anilines is 2. The Morgan fingerprint density at radius 2 is 1.91 bits per heavy atom. The minimum absolute atomic E-state index is 0. The van der Waals surface area contributed by atoms with E-state index in [2.05, 4.69) is 31.2 Å². The summed E-state index contributed by atoms with van der Waals surface area (Å²) < 4.78 is 1.86. The van der Waals surface area contributed by atoms with Crippen LogP contribution >= 0.6 is 12.4 Å². The van der Waals surface area contributed by atoms with Crippen molar-refractivity contribution in [2.24, 2.45) is 0 Å². The molecule has 5 nitrogen and oxygen atoms in total. The van der Waals surface area contributed by atoms with Crippen LogP contribution in [0.15, 0.2) is 24.4 Å². The number of carbonyl (C=O) groups is 1. The Kier molecular flexibility index (Phi) is 5.25. The van der Waals surface area contributed by atoms with Gasteiger partial charge >= 0.3 is 0 Å². The van der Waals surface area contributed by atoms with Crippen LogP contribution in [0.25, 0.3) is 0 Å². The molecule has 0 spiro atoms. The largest absolute Gasteiger partial charge is 0.399 e. The van der Waals surface area contributed by atoms with E-state index in [4.69, 9.17) is 5.73 Å². The van der Waals surface area contributed by atoms with Gasteiger partial charge in [-0.05, 0) is 52.3 Å². The Balaban J connectivity index is 0.00000242. The van der Waals surface area contributed by atoms with Gasteiger partial charge in [0.1, 0.15) is 0 Å². The molecule has 0 unspecified atom stereocenters. The fraction of sp³-hybridized carbons (Fsp3) is 0.375. The van der Waals surface area contributed by atoms with Crippen molar-refractivity contribution in [1.82, 2.24) is 9.78 Å². The van der Waals surface area contributed by atoms with E-state index in [1.54, 1.807) is 12.3 Å². The number of hydrogen-bond acceptors (Lipinski definition) is 3. The number of rotatable bonds is 2. The van der Waals surface area contributed by atoms with Crippen molar-refractivity contribution >= 4 is 29.7 Å². The maximum absolute atomic E-state index is 12.4. The maximum Gasteiger partial charge on any atom is 0.259 e. The normalized spacial score (nSPS) is 11.0. The van der Waals surface area contributed by atoms with Gasteiger partial charge < -0.3 is 11.1 Å². The van der Waals surface area contributed by atoms with Crippen molar-refractivity contribution in [3.05, 3.63) is 41.2 Å². The first-order chi connectivity index (χ1) is 9.70. The molecule has 1 amide bonds. The molecule has 22 heavy (non-hydrogen) atoms. The summed E-state index contributed by atoms with van der Waals surface area (Å²) in [4.78, 5) is 12.4. The maximum atomic E-state index is 12.4. The number of carbonyl (C=O) groups excluding carboxylic acids is 1. The van der Waals surface area contributed by atoms with Crippen LogP contribution in [-0.2, 0) is 5.54 Å². The van der Waals surface area contributed by atoms with E-state index in [1.165, 1.54) is 0 Å². The summed E-state index contributed by atoms with van der Waals surface area (Å²) in [6.45, 7) is 9.99. The number of nitrogen functional groups attached to an aromatic ring is 1. The molecule has 1 aromatic heterocycles. The standard InChI is InChI=1S/C16H22N4O.ClH/c1-10-6-7-12(17)8-14(10)19-15(21)13-9-18-20(11(13)2)16(3,4)5;/h6-9H,17H2,1-5H3,(H,19,21);1H. The van der Waals surface area contributed by atoms with Crippen LogP contribution in [0.2, 0.25) is 0 Å². The average Bonchev–Trinajstić information content (AvgIpc) is 2.75. The predicted molar refractivity (Wildman–Crippen MR) is 92.8 cm³/mol. The van der Waals surface area contributed by atoms with Crippen LogP contribution in [0, 0.1) is 13.8 Å². The van der Waals surface area contributed by atoms with E-state index < -0.39 is 0 Å². The first kappa shape index (κ1) is 18.0. The van der Waals surface area contributed by atoms with Gasteiger partial charge in [-0.3, -0.25) is 9.48 Å². The van der Waals surface area contributed by atoms with E-state index >= 15 is 0 Å². The third-order valence-electron chi connectivity index (χ3n) is 3.40. The summed E-state index contributed by atoms with van der Waals surface area (Å²) in [6, 6.07) is 5.46. The highest BCUT2D eigenvalue weighted by Gasteiger charge is 2.21. The van der Waals surface area contributed by atoms with Gasteiger partial charge in [0.15, 0.2) is 0 Å². The Labute approximate surface area is 137 Å². The summed E-state index contributed by atoms with van der Waals surface area (Å²) in [5.74, 6) is -0.170. The van der Waals surface area contributed by atoms with E-state index in [0.29, 0.717) is 11.3 Å². The fourth-order valence-electron chi connectivity index (χ4n) is 2.27. The summed E-state index contributed by atoms with van der Waals surface area (Å²) in [7, 11) is 0. The summed E-state index contributed by atoms with van der Waals surface area (Å²) in [5, 5.41) is 7.22. The van der Waals surface area contributed by atoms with Crippen molar-refractivity contribution in [2.45, 2.75) is 40.2 Å². The Morgan fingerprint density at radius 1 is 1.27 bits per heavy atom. The van der Waals surface area contributed by atoms with E-state index in [1.807, 2.05) is 30.7 Å². The Hall–Kier alpha value is -2.01. The third kappa shape index (κ3) is 3.60. The first-order valence-electron chi connectivity index (χ1n) is 6.92. The third-order valence-corrected chi connectivity index (χ3v) is 3.40. The quantitative estimate of drug-likeness (QED) is 0.831. The second kappa shape index (κ2) is 6.40. The molecule has 120 valence electrons. The number of aromatic nitrogens is 2. The lowest BCUT2D eigenvalue weighted by Crippen LogP contribution is -2.25. The van der Waals surface area contributed by atoms with Crippen LogP contribution in [0.4, 0.5) is 11.4 Å². The lowest BCUT2D eigenvalue weighted by molar-refractivity contribution is 0.102. The summed E-state index contributed by atoms with van der Waals surface area (Å²) in [5.41, 5.74) is 9.35. The zero-order chi connectivity index (χ0) is 15.8. The van der Waals surface area contributed by atoms with Gasteiger partial charge in [-0.1, -0.05) is 6.07 Å². The molecule has 2 rings (SSSR count). The summed E-state index contributed by atoms with van der Waals surface area (Å²) >= 11 is 0. The number of hydrogen-bond donors (Lipinski definition) is 2. The van der Waals surface area contributed by atoms with Crippen LogP contribution in [-0.4, -0.2) is 15.7 Å². The molecule has 0 bridgehead atoms. The highest BCUT2D eigenvalue weighted by molar-refractivity contribution is 6.05. The molecule has 0 saturated heterocycles. The minimum atomic E-state index is -0.170. The molecule has 0 aliphatic heterocycles. The van der Waals surface area contributed by atoms with Crippen molar-refractivity contribution in [3.8, 4) is 0 Å². The van der Waals surface area contributed by atoms with Gasteiger partial charge in [-0.2, -0.15) is 5.10 Å². The lowest BCUT2D eigenvalue weighted by Gasteiger charge is -2.21. The van der Waals surface area contributed by atoms with Gasteiger partial charge in [0, 0.05) is 17.1 Å². The molecule has 6 heteroatoms. The summed E-state index contributed by atoms with van der Waals surface area (Å²) in [6.07, 6.45) is 1.61. The molecule has 3 N–H and O–H groups in total. The number of aryl methyl sites for hydroxylation is 1. The van der Waals surface area contributed by atoms with Crippen LogP contribution < -0.4 is 11.1 Å². The van der Waals surface area contributed by atoms with Crippen molar-refractivity contribution in [1.29, 1.82) is 0 Å². The van der Waals surface area contributed by atoms with Gasteiger partial charge in [0.25, 0.3) is 5.91 Å². The van der Waals surface area contributed by atoms with Crippen molar-refractivity contribution in [3.63, 3.8) is 0 Å². The molecule has 1 heterocycles. The molecule has 0 saturated carbocycles. The number of benzene rings is 1. The van der Waals surface area contributed by atoms with Crippen LogP contribution in [0.1, 0.15) is 42.4 Å². The fourth-order valence-corrected chi connectivity index (χ4v) is 2.27. The van der Waals surface area contributed by atoms with Crippen LogP contribution in [0.5, 0.6) is 0 Å². The number of amides is 1. The van der Waals surface area contributed by atoms with Gasteiger partial charge in [-0.15, -0.1) is 12.4 Å². The molecular weight excluding hydrogens is 300 g/mol. The number of nitrogens with one attached hydrogen (secondary N) is 1. The van der Waals surface area contributed by atoms with Gasteiger partial charge in [0.2, 0.25) is 0 Å². The molecule has 0 fully saturated rings. The molecule has 0 radical (unpaired) electrons. The van der Waals surface area contributed by atoms with Gasteiger partial charge in [-0.25, -0.2) is 0 Å². The van der Waals surface area contributed by atoms with E-state index in [9.17, 15) is 4.79 Å². The predicted octanol–water partition coefficient (Wildman–Crippen LogP) is 3.51. The number of nitrogens with zero attached hydrogens (tertiary/aromatic N) is 2. The smallest absolute Gasteiger partial charge is 0.259 e. The number of halogens is 1. The molecule has 0 atom stereocenters.